The number of nitrogens with zero attached hydrogens (tertiary/aromatic N) is 1. The summed E-state index contributed by atoms with van der Waals surface area (Å²) in [6.07, 6.45) is 0.766. The zero-order chi connectivity index (χ0) is 32.4. The number of aromatic carboxylic acids is 1. The van der Waals surface area contributed by atoms with Gasteiger partial charge < -0.3 is 33.7 Å². The van der Waals surface area contributed by atoms with Crippen molar-refractivity contribution in [3.05, 3.63) is 94.5 Å². The van der Waals surface area contributed by atoms with Crippen LogP contribution in [0.25, 0.3) is 0 Å². The second-order valence-corrected chi connectivity index (χ2v) is 12.3. The Labute approximate surface area is 266 Å². The number of likely N-dealkylation sites (tertiary alicyclic amines) is 1. The third kappa shape index (κ3) is 9.96. The van der Waals surface area contributed by atoms with E-state index in [1.54, 1.807) is 31.1 Å². The lowest BCUT2D eigenvalue weighted by Crippen LogP contribution is -2.48. The van der Waals surface area contributed by atoms with Crippen LogP contribution in [0, 0.1) is 6.92 Å². The lowest BCUT2D eigenvalue weighted by Gasteiger charge is -2.39. The predicted molar refractivity (Wildman–Crippen MR) is 171 cm³/mol. The monoisotopic (exact) mass is 619 g/mol. The maximum atomic E-state index is 12.9. The van der Waals surface area contributed by atoms with E-state index in [1.807, 2.05) is 75.4 Å². The zero-order valence-corrected chi connectivity index (χ0v) is 26.9. The first kappa shape index (κ1) is 33.8. The first-order valence-corrected chi connectivity index (χ1v) is 15.4. The molecule has 45 heavy (non-hydrogen) atoms. The topological polar surface area (TPSA) is 104 Å². The van der Waals surface area contributed by atoms with Crippen LogP contribution in [0.1, 0.15) is 72.1 Å². The largest absolute Gasteiger partial charge is 0.496 e. The van der Waals surface area contributed by atoms with Gasteiger partial charge in [-0.25, -0.2) is 9.59 Å². The van der Waals surface area contributed by atoms with Crippen molar-refractivity contribution in [1.82, 2.24) is 4.90 Å². The molecule has 2 unspecified atom stereocenters. The van der Waals surface area contributed by atoms with Gasteiger partial charge in [0, 0.05) is 24.4 Å². The van der Waals surface area contributed by atoms with Gasteiger partial charge >= 0.3 is 12.1 Å². The van der Waals surface area contributed by atoms with Gasteiger partial charge in [0.1, 0.15) is 17.1 Å². The fraction of sp³-hybridized carbons (Fsp3) is 0.444. The molecule has 0 spiro atoms. The van der Waals surface area contributed by atoms with Crippen LogP contribution in [0.4, 0.5) is 4.79 Å². The van der Waals surface area contributed by atoms with Crippen LogP contribution in [-0.4, -0.2) is 67.2 Å². The number of carbonyl (C=O) groups is 2. The standard InChI is InChI=1S/C36H45NO8/c1-25-11-12-26(21-31(25)34(38)39)23-44-33-22-37(35(40)45-36(2,3)4)18-17-30(33)27-13-15-29(16-14-27)43-20-8-19-42-24-28-9-6-7-10-32(28)41-5/h6-7,9-16,21,30,33H,8,17-20,22-24H2,1-5H3,(H,38,39). The minimum Gasteiger partial charge on any atom is -0.496 e. The molecule has 0 radical (unpaired) electrons. The van der Waals surface area contributed by atoms with Crippen molar-refractivity contribution in [3.8, 4) is 11.5 Å². The summed E-state index contributed by atoms with van der Waals surface area (Å²) in [5, 5.41) is 9.54. The number of benzene rings is 3. The van der Waals surface area contributed by atoms with Crippen LogP contribution in [0.15, 0.2) is 66.7 Å². The molecule has 4 rings (SSSR count). The van der Waals surface area contributed by atoms with Crippen LogP contribution >= 0.6 is 0 Å². The van der Waals surface area contributed by atoms with Crippen LogP contribution in [0.5, 0.6) is 11.5 Å². The maximum absolute atomic E-state index is 12.9. The molecule has 9 nitrogen and oxygen atoms in total. The Morgan fingerprint density at radius 3 is 2.44 bits per heavy atom. The number of piperidine rings is 1. The fourth-order valence-electron chi connectivity index (χ4n) is 5.32. The lowest BCUT2D eigenvalue weighted by atomic mass is 9.87. The molecule has 1 amide bonds. The van der Waals surface area contributed by atoms with Gasteiger partial charge in [-0.05, 0) is 75.1 Å². The third-order valence-electron chi connectivity index (χ3n) is 7.67. The highest BCUT2D eigenvalue weighted by molar-refractivity contribution is 5.89. The number of carbonyl (C=O) groups excluding carboxylic acids is 1. The average Bonchev–Trinajstić information content (AvgIpc) is 3.01. The number of hydrogen-bond donors (Lipinski definition) is 1. The summed E-state index contributed by atoms with van der Waals surface area (Å²) in [6, 6.07) is 21.1. The Balaban J connectivity index is 1.35. The molecule has 0 bridgehead atoms. The van der Waals surface area contributed by atoms with Crippen molar-refractivity contribution in [1.29, 1.82) is 0 Å². The number of methoxy groups -OCH3 is 1. The molecule has 0 aliphatic carbocycles. The van der Waals surface area contributed by atoms with Gasteiger partial charge in [0.05, 0.1) is 51.7 Å². The van der Waals surface area contributed by atoms with E-state index in [2.05, 4.69) is 0 Å². The summed E-state index contributed by atoms with van der Waals surface area (Å²) in [7, 11) is 1.65. The molecule has 1 N–H and O–H groups in total. The lowest BCUT2D eigenvalue weighted by molar-refractivity contribution is -0.0360. The first-order valence-electron chi connectivity index (χ1n) is 15.4. The number of aryl methyl sites for hydroxylation is 1. The molecule has 3 aromatic rings. The van der Waals surface area contributed by atoms with E-state index in [4.69, 9.17) is 23.7 Å². The van der Waals surface area contributed by atoms with E-state index < -0.39 is 11.6 Å². The van der Waals surface area contributed by atoms with E-state index in [9.17, 15) is 14.7 Å². The second kappa shape index (κ2) is 15.8. The van der Waals surface area contributed by atoms with Gasteiger partial charge in [0.15, 0.2) is 0 Å². The highest BCUT2D eigenvalue weighted by atomic mass is 16.6. The quantitative estimate of drug-likeness (QED) is 0.204. The van der Waals surface area contributed by atoms with E-state index in [0.717, 1.165) is 34.6 Å². The second-order valence-electron chi connectivity index (χ2n) is 12.3. The molecule has 1 saturated heterocycles. The summed E-state index contributed by atoms with van der Waals surface area (Å²) in [4.78, 5) is 26.2. The van der Waals surface area contributed by atoms with E-state index in [-0.39, 0.29) is 30.3 Å². The van der Waals surface area contributed by atoms with Crippen LogP contribution < -0.4 is 9.47 Å². The van der Waals surface area contributed by atoms with Crippen LogP contribution in [0.2, 0.25) is 0 Å². The molecular formula is C36H45NO8. The smallest absolute Gasteiger partial charge is 0.410 e. The van der Waals surface area contributed by atoms with Crippen molar-refractivity contribution in [3.63, 3.8) is 0 Å². The summed E-state index contributed by atoms with van der Waals surface area (Å²) in [5.74, 6) is 0.654. The van der Waals surface area contributed by atoms with Crippen LogP contribution in [0.3, 0.4) is 0 Å². The van der Waals surface area contributed by atoms with Crippen molar-refractivity contribution in [2.75, 3.05) is 33.4 Å². The summed E-state index contributed by atoms with van der Waals surface area (Å²) < 4.78 is 29.2. The molecule has 242 valence electrons. The van der Waals surface area contributed by atoms with Gasteiger partial charge in [0.2, 0.25) is 0 Å². The summed E-state index contributed by atoms with van der Waals surface area (Å²) >= 11 is 0. The highest BCUT2D eigenvalue weighted by Gasteiger charge is 2.35. The molecule has 0 saturated carbocycles. The number of carboxylic acids is 1. The fourth-order valence-corrected chi connectivity index (χ4v) is 5.32. The third-order valence-corrected chi connectivity index (χ3v) is 7.67. The Hall–Kier alpha value is -4.08. The Morgan fingerprint density at radius 1 is 0.978 bits per heavy atom. The molecule has 2 atom stereocenters. The number of para-hydroxylation sites is 1. The first-order chi connectivity index (χ1) is 21.5. The molecule has 9 heteroatoms. The number of rotatable bonds is 13. The molecular weight excluding hydrogens is 574 g/mol. The van der Waals surface area contributed by atoms with Crippen molar-refractivity contribution in [2.45, 2.75) is 71.4 Å². The number of amides is 1. The minimum absolute atomic E-state index is 0.0329. The number of hydrogen-bond acceptors (Lipinski definition) is 7. The van der Waals surface area contributed by atoms with Crippen molar-refractivity contribution >= 4 is 12.1 Å². The van der Waals surface area contributed by atoms with Gasteiger partial charge in [-0.15, -0.1) is 0 Å². The normalized spacial score (nSPS) is 16.7. The van der Waals surface area contributed by atoms with E-state index in [0.29, 0.717) is 44.9 Å². The molecule has 1 fully saturated rings. The van der Waals surface area contributed by atoms with Gasteiger partial charge in [-0.3, -0.25) is 0 Å². The molecule has 1 heterocycles. The number of carboxylic acid groups (broad SMARTS) is 1. The van der Waals surface area contributed by atoms with Gasteiger partial charge in [-0.1, -0.05) is 42.5 Å². The van der Waals surface area contributed by atoms with Gasteiger partial charge in [0.25, 0.3) is 0 Å². The highest BCUT2D eigenvalue weighted by Crippen LogP contribution is 2.33. The Bertz CT molecular complexity index is 1420. The molecule has 3 aromatic carbocycles. The summed E-state index contributed by atoms with van der Waals surface area (Å²) in [6.45, 7) is 10.0. The van der Waals surface area contributed by atoms with Gasteiger partial charge in [-0.2, -0.15) is 0 Å². The van der Waals surface area contributed by atoms with E-state index in [1.165, 1.54) is 0 Å². The number of ether oxygens (including phenoxy) is 5. The Kier molecular flexibility index (Phi) is 11.8. The van der Waals surface area contributed by atoms with Crippen molar-refractivity contribution < 1.29 is 38.4 Å². The average molecular weight is 620 g/mol. The molecule has 1 aliphatic rings. The minimum atomic E-state index is -0.969. The maximum Gasteiger partial charge on any atom is 0.410 e. The molecule has 0 aromatic heterocycles. The SMILES string of the molecule is COc1ccccc1COCCCOc1ccc(C2CCN(C(=O)OC(C)(C)C)CC2OCc2ccc(C)c(C(=O)O)c2)cc1. The van der Waals surface area contributed by atoms with E-state index >= 15 is 0 Å². The Morgan fingerprint density at radius 2 is 1.73 bits per heavy atom. The summed E-state index contributed by atoms with van der Waals surface area (Å²) in [5.41, 5.74) is 3.22. The molecule has 1 aliphatic heterocycles. The van der Waals surface area contributed by atoms with Crippen LogP contribution in [-0.2, 0) is 27.4 Å². The van der Waals surface area contributed by atoms with Crippen molar-refractivity contribution in [2.24, 2.45) is 0 Å². The predicted octanol–water partition coefficient (Wildman–Crippen LogP) is 7.00. The zero-order valence-electron chi connectivity index (χ0n) is 26.9.